The summed E-state index contributed by atoms with van der Waals surface area (Å²) in [7, 11) is 1.52. The Balaban J connectivity index is 1.96. The zero-order valence-electron chi connectivity index (χ0n) is 13.5. The fraction of sp³-hybridized carbons (Fsp3) is 0.111. The van der Waals surface area contributed by atoms with E-state index in [9.17, 15) is 18.0 Å². The molecule has 0 atom stereocenters. The van der Waals surface area contributed by atoms with Crippen molar-refractivity contribution in [1.29, 1.82) is 0 Å². The molecule has 4 aromatic rings. The van der Waals surface area contributed by atoms with Gasteiger partial charge in [0.05, 0.1) is 34.8 Å². The summed E-state index contributed by atoms with van der Waals surface area (Å²) >= 11 is 0. The molecule has 0 unspecified atom stereocenters. The molecule has 26 heavy (non-hydrogen) atoms. The topological polar surface area (TPSA) is 59.9 Å². The van der Waals surface area contributed by atoms with Gasteiger partial charge in [-0.25, -0.2) is 4.68 Å². The van der Waals surface area contributed by atoms with Crippen molar-refractivity contribution in [3.05, 3.63) is 64.6 Å². The maximum Gasteiger partial charge on any atom is 0.416 e. The molecule has 2 aromatic carbocycles. The molecule has 0 aliphatic carbocycles. The van der Waals surface area contributed by atoms with E-state index in [-0.39, 0.29) is 11.1 Å². The minimum atomic E-state index is -4.45. The number of alkyl halides is 3. The standard InChI is InChI=1S/C18H12F3N3O2/c1-26-12-4-2-3-11(8-12)24-17(25)14-9-22-15-7-10(18(19,20)21)5-6-13(15)16(14)23-24/h2-9,23H,1H3. The molecule has 2 aromatic heterocycles. The van der Waals surface area contributed by atoms with Crippen LogP contribution in [0.3, 0.4) is 0 Å². The summed E-state index contributed by atoms with van der Waals surface area (Å²) in [6.45, 7) is 0. The number of ether oxygens (including phenoxy) is 1. The summed E-state index contributed by atoms with van der Waals surface area (Å²) in [5.74, 6) is 0.575. The van der Waals surface area contributed by atoms with Crippen molar-refractivity contribution >= 4 is 21.8 Å². The molecule has 0 radical (unpaired) electrons. The van der Waals surface area contributed by atoms with Crippen LogP contribution in [-0.2, 0) is 6.18 Å². The zero-order chi connectivity index (χ0) is 18.5. The van der Waals surface area contributed by atoms with Crippen LogP contribution >= 0.6 is 0 Å². The van der Waals surface area contributed by atoms with Gasteiger partial charge >= 0.3 is 6.18 Å². The maximum absolute atomic E-state index is 12.9. The molecule has 0 saturated carbocycles. The van der Waals surface area contributed by atoms with Gasteiger partial charge in [0.2, 0.25) is 0 Å². The van der Waals surface area contributed by atoms with E-state index in [0.29, 0.717) is 27.7 Å². The molecule has 0 fully saturated rings. The molecule has 8 heteroatoms. The quantitative estimate of drug-likeness (QED) is 0.591. The van der Waals surface area contributed by atoms with Crippen LogP contribution in [0.25, 0.3) is 27.5 Å². The van der Waals surface area contributed by atoms with Crippen LogP contribution in [0.5, 0.6) is 5.75 Å². The van der Waals surface area contributed by atoms with Gasteiger partial charge in [-0.05, 0) is 24.3 Å². The summed E-state index contributed by atoms with van der Waals surface area (Å²) in [5, 5.41) is 3.69. The summed E-state index contributed by atoms with van der Waals surface area (Å²) < 4.78 is 45.1. The Morgan fingerprint density at radius 3 is 2.65 bits per heavy atom. The maximum atomic E-state index is 12.9. The number of hydrogen-bond donors (Lipinski definition) is 1. The minimum Gasteiger partial charge on any atom is -0.497 e. The first-order valence-corrected chi connectivity index (χ1v) is 7.63. The number of pyridine rings is 1. The number of rotatable bonds is 2. The highest BCUT2D eigenvalue weighted by Gasteiger charge is 2.30. The third-order valence-corrected chi connectivity index (χ3v) is 4.17. The van der Waals surface area contributed by atoms with Gasteiger partial charge in [0.1, 0.15) is 5.75 Å². The summed E-state index contributed by atoms with van der Waals surface area (Å²) in [4.78, 5) is 16.7. The Morgan fingerprint density at radius 1 is 1.12 bits per heavy atom. The van der Waals surface area contributed by atoms with Gasteiger partial charge in [0.15, 0.2) is 0 Å². The Hall–Kier alpha value is -3.29. The number of nitrogens with zero attached hydrogens (tertiary/aromatic N) is 2. The normalized spacial score (nSPS) is 12.0. The van der Waals surface area contributed by atoms with Crippen LogP contribution < -0.4 is 10.3 Å². The van der Waals surface area contributed by atoms with Gasteiger partial charge in [0, 0.05) is 17.6 Å². The molecule has 4 rings (SSSR count). The number of aromatic amines is 1. The molecule has 0 saturated heterocycles. The van der Waals surface area contributed by atoms with E-state index in [1.54, 1.807) is 24.3 Å². The largest absolute Gasteiger partial charge is 0.497 e. The van der Waals surface area contributed by atoms with Gasteiger partial charge in [-0.1, -0.05) is 12.1 Å². The van der Waals surface area contributed by atoms with Crippen LogP contribution in [0.1, 0.15) is 5.56 Å². The lowest BCUT2D eigenvalue weighted by Crippen LogP contribution is -2.14. The lowest BCUT2D eigenvalue weighted by Gasteiger charge is -2.07. The number of fused-ring (bicyclic) bond motifs is 3. The second kappa shape index (κ2) is 5.62. The predicted molar refractivity (Wildman–Crippen MR) is 90.8 cm³/mol. The lowest BCUT2D eigenvalue weighted by molar-refractivity contribution is -0.137. The van der Waals surface area contributed by atoms with Crippen LogP contribution in [-0.4, -0.2) is 21.9 Å². The van der Waals surface area contributed by atoms with E-state index in [1.807, 2.05) is 0 Å². The first kappa shape index (κ1) is 16.2. The van der Waals surface area contributed by atoms with E-state index in [4.69, 9.17) is 4.74 Å². The third kappa shape index (κ3) is 2.50. The summed E-state index contributed by atoms with van der Waals surface area (Å²) in [5.41, 5.74) is 0.00231. The molecule has 0 bridgehead atoms. The second-order valence-electron chi connectivity index (χ2n) is 5.73. The second-order valence-corrected chi connectivity index (χ2v) is 5.73. The van der Waals surface area contributed by atoms with Crippen LogP contribution in [0.2, 0.25) is 0 Å². The molecule has 0 aliphatic heterocycles. The van der Waals surface area contributed by atoms with Gasteiger partial charge < -0.3 is 4.74 Å². The fourth-order valence-electron chi connectivity index (χ4n) is 2.87. The van der Waals surface area contributed by atoms with Crippen LogP contribution in [0.15, 0.2) is 53.5 Å². The zero-order valence-corrected chi connectivity index (χ0v) is 13.5. The molecule has 2 heterocycles. The summed E-state index contributed by atoms with van der Waals surface area (Å²) in [6.07, 6.45) is -3.17. The van der Waals surface area contributed by atoms with Gasteiger partial charge in [-0.2, -0.15) is 13.2 Å². The number of benzene rings is 2. The predicted octanol–water partition coefficient (Wildman–Crippen LogP) is 3.89. The highest BCUT2D eigenvalue weighted by molar-refractivity contribution is 6.02. The van der Waals surface area contributed by atoms with Gasteiger partial charge in [-0.15, -0.1) is 0 Å². The van der Waals surface area contributed by atoms with E-state index in [1.165, 1.54) is 24.1 Å². The molecule has 0 amide bonds. The Bertz CT molecular complexity index is 1190. The highest BCUT2D eigenvalue weighted by atomic mass is 19.4. The van der Waals surface area contributed by atoms with Crippen molar-refractivity contribution in [2.24, 2.45) is 0 Å². The number of methoxy groups -OCH3 is 1. The lowest BCUT2D eigenvalue weighted by atomic mass is 10.1. The van der Waals surface area contributed by atoms with Crippen LogP contribution in [0, 0.1) is 0 Å². The first-order chi connectivity index (χ1) is 12.4. The molecular weight excluding hydrogens is 347 g/mol. The number of aromatic nitrogens is 3. The van der Waals surface area contributed by atoms with Crippen molar-refractivity contribution in [3.8, 4) is 11.4 Å². The molecular formula is C18H12F3N3O2. The molecule has 1 N–H and O–H groups in total. The molecule has 5 nitrogen and oxygen atoms in total. The highest BCUT2D eigenvalue weighted by Crippen LogP contribution is 2.32. The number of halogens is 3. The Labute approximate surface area is 144 Å². The van der Waals surface area contributed by atoms with Crippen molar-refractivity contribution in [2.45, 2.75) is 6.18 Å². The van der Waals surface area contributed by atoms with Gasteiger partial charge in [0.25, 0.3) is 5.56 Å². The minimum absolute atomic E-state index is 0.159. The van der Waals surface area contributed by atoms with E-state index in [0.717, 1.165) is 12.1 Å². The van der Waals surface area contributed by atoms with Crippen molar-refractivity contribution in [3.63, 3.8) is 0 Å². The average molecular weight is 359 g/mol. The van der Waals surface area contributed by atoms with E-state index in [2.05, 4.69) is 10.1 Å². The Morgan fingerprint density at radius 2 is 1.92 bits per heavy atom. The summed E-state index contributed by atoms with van der Waals surface area (Å²) in [6, 6.07) is 10.1. The average Bonchev–Trinajstić information content (AvgIpc) is 2.97. The van der Waals surface area contributed by atoms with E-state index < -0.39 is 11.7 Å². The molecule has 132 valence electrons. The van der Waals surface area contributed by atoms with Crippen LogP contribution in [0.4, 0.5) is 13.2 Å². The monoisotopic (exact) mass is 359 g/mol. The first-order valence-electron chi connectivity index (χ1n) is 7.63. The molecule has 0 aliphatic rings. The fourth-order valence-corrected chi connectivity index (χ4v) is 2.87. The Kier molecular flexibility index (Phi) is 3.50. The number of hydrogen-bond acceptors (Lipinski definition) is 3. The van der Waals surface area contributed by atoms with E-state index >= 15 is 0 Å². The smallest absolute Gasteiger partial charge is 0.416 e. The van der Waals surface area contributed by atoms with Crippen molar-refractivity contribution < 1.29 is 17.9 Å². The number of H-pyrrole nitrogens is 1. The SMILES string of the molecule is COc1cccc(-n2[nH]c3c(cnc4cc(C(F)(F)F)ccc43)c2=O)c1. The van der Waals surface area contributed by atoms with Gasteiger partial charge in [-0.3, -0.25) is 14.9 Å². The molecule has 0 spiro atoms. The third-order valence-electron chi connectivity index (χ3n) is 4.17. The number of nitrogens with one attached hydrogen (secondary N) is 1. The van der Waals surface area contributed by atoms with Crippen molar-refractivity contribution in [1.82, 2.24) is 14.8 Å². The van der Waals surface area contributed by atoms with Crippen molar-refractivity contribution in [2.75, 3.05) is 7.11 Å².